The number of carbonyl (C=O) groups excluding carboxylic acids is 1. The maximum atomic E-state index is 12.3. The number of nitrogens with two attached hydrogens (primary N) is 1. The van der Waals surface area contributed by atoms with Crippen molar-refractivity contribution < 1.29 is 4.79 Å². The van der Waals surface area contributed by atoms with E-state index in [2.05, 4.69) is 26.2 Å². The zero-order chi connectivity index (χ0) is 14.9. The van der Waals surface area contributed by atoms with Gasteiger partial charge < -0.3 is 11.1 Å². The van der Waals surface area contributed by atoms with E-state index in [1.54, 1.807) is 26.1 Å². The topological polar surface area (TPSA) is 68.0 Å². The highest BCUT2D eigenvalue weighted by atomic mass is 79.9. The molecule has 0 saturated carbocycles. The third-order valence-corrected chi connectivity index (χ3v) is 4.05. The Kier molecular flexibility index (Phi) is 4.06. The van der Waals surface area contributed by atoms with Gasteiger partial charge in [-0.25, -0.2) is 0 Å². The third-order valence-electron chi connectivity index (χ3n) is 3.11. The smallest absolute Gasteiger partial charge is 0.236 e. The summed E-state index contributed by atoms with van der Waals surface area (Å²) in [6.07, 6.45) is 1.69. The van der Waals surface area contributed by atoms with Crippen LogP contribution in [-0.4, -0.2) is 15.9 Å². The van der Waals surface area contributed by atoms with Crippen molar-refractivity contribution in [1.82, 2.24) is 4.98 Å². The average Bonchev–Trinajstić information content (AvgIpc) is 2.38. The second-order valence-electron chi connectivity index (χ2n) is 4.97. The van der Waals surface area contributed by atoms with Gasteiger partial charge in [-0.15, -0.1) is 0 Å². The standard InChI is InChI=1S/C14H14BrN3OS/c1-14(2,12(16)20)13(19)18-10-5-3-4-8-6-9(15)7-17-11(8)10/h3-7H,1-2H3,(H2,16,20)(H,18,19). The summed E-state index contributed by atoms with van der Waals surface area (Å²) in [6.45, 7) is 3.39. The van der Waals surface area contributed by atoms with E-state index in [-0.39, 0.29) is 10.9 Å². The number of hydrogen-bond donors (Lipinski definition) is 2. The van der Waals surface area contributed by atoms with Gasteiger partial charge in [0.1, 0.15) is 0 Å². The maximum absolute atomic E-state index is 12.3. The summed E-state index contributed by atoms with van der Waals surface area (Å²) in [7, 11) is 0. The van der Waals surface area contributed by atoms with Crippen LogP contribution in [0, 0.1) is 5.41 Å². The number of pyridine rings is 1. The van der Waals surface area contributed by atoms with Gasteiger partial charge in [-0.2, -0.15) is 0 Å². The van der Waals surface area contributed by atoms with E-state index >= 15 is 0 Å². The Balaban J connectivity index is 2.40. The van der Waals surface area contributed by atoms with Crippen LogP contribution in [0.5, 0.6) is 0 Å². The fraction of sp³-hybridized carbons (Fsp3) is 0.214. The highest BCUT2D eigenvalue weighted by molar-refractivity contribution is 9.10. The van der Waals surface area contributed by atoms with Gasteiger partial charge in [0.15, 0.2) is 0 Å². The van der Waals surface area contributed by atoms with Crippen molar-refractivity contribution >= 4 is 55.6 Å². The number of rotatable bonds is 3. The van der Waals surface area contributed by atoms with E-state index < -0.39 is 5.41 Å². The lowest BCUT2D eigenvalue weighted by atomic mass is 9.92. The third kappa shape index (κ3) is 2.81. The van der Waals surface area contributed by atoms with Gasteiger partial charge in [-0.3, -0.25) is 9.78 Å². The Morgan fingerprint density at radius 1 is 1.45 bits per heavy atom. The van der Waals surface area contributed by atoms with Crippen LogP contribution in [0.25, 0.3) is 10.9 Å². The molecular weight excluding hydrogens is 338 g/mol. The number of nitrogens with one attached hydrogen (secondary N) is 1. The van der Waals surface area contributed by atoms with Crippen molar-refractivity contribution in [1.29, 1.82) is 0 Å². The molecule has 1 aromatic heterocycles. The Bertz CT molecular complexity index is 700. The summed E-state index contributed by atoms with van der Waals surface area (Å²) in [5.41, 5.74) is 6.06. The summed E-state index contributed by atoms with van der Waals surface area (Å²) in [4.78, 5) is 16.8. The van der Waals surface area contributed by atoms with Crippen molar-refractivity contribution in [2.75, 3.05) is 5.32 Å². The molecule has 0 fully saturated rings. The zero-order valence-electron chi connectivity index (χ0n) is 11.1. The zero-order valence-corrected chi connectivity index (χ0v) is 13.5. The second-order valence-corrected chi connectivity index (χ2v) is 6.33. The Morgan fingerprint density at radius 3 is 2.80 bits per heavy atom. The summed E-state index contributed by atoms with van der Waals surface area (Å²) in [5, 5.41) is 3.78. The maximum Gasteiger partial charge on any atom is 0.236 e. The molecule has 104 valence electrons. The SMILES string of the molecule is CC(C)(C(=O)Nc1cccc2cc(Br)cnc12)C(N)=S. The molecule has 0 aliphatic heterocycles. The number of fused-ring (bicyclic) bond motifs is 1. The molecule has 0 aliphatic rings. The highest BCUT2D eigenvalue weighted by Gasteiger charge is 2.31. The first-order valence-electron chi connectivity index (χ1n) is 5.98. The number of aromatic nitrogens is 1. The summed E-state index contributed by atoms with van der Waals surface area (Å²) in [6, 6.07) is 7.54. The first-order chi connectivity index (χ1) is 9.32. The molecule has 6 heteroatoms. The fourth-order valence-electron chi connectivity index (χ4n) is 1.63. The Morgan fingerprint density at radius 2 is 2.15 bits per heavy atom. The monoisotopic (exact) mass is 351 g/mol. The van der Waals surface area contributed by atoms with Gasteiger partial charge in [0.2, 0.25) is 5.91 Å². The van der Waals surface area contributed by atoms with Crippen molar-refractivity contribution in [3.8, 4) is 0 Å². The van der Waals surface area contributed by atoms with Gasteiger partial charge in [0, 0.05) is 16.1 Å². The number of anilines is 1. The van der Waals surface area contributed by atoms with Crippen molar-refractivity contribution in [3.63, 3.8) is 0 Å². The summed E-state index contributed by atoms with van der Waals surface area (Å²) >= 11 is 8.31. The largest absolute Gasteiger partial charge is 0.392 e. The number of benzene rings is 1. The number of hydrogen-bond acceptors (Lipinski definition) is 3. The molecule has 0 saturated heterocycles. The van der Waals surface area contributed by atoms with Crippen LogP contribution in [0.4, 0.5) is 5.69 Å². The summed E-state index contributed by atoms with van der Waals surface area (Å²) < 4.78 is 0.886. The Hall–Kier alpha value is -1.53. The average molecular weight is 352 g/mol. The predicted octanol–water partition coefficient (Wildman–Crippen LogP) is 3.25. The number of halogens is 1. The molecule has 1 heterocycles. The van der Waals surface area contributed by atoms with Crippen LogP contribution < -0.4 is 11.1 Å². The number of para-hydroxylation sites is 1. The number of nitrogens with zero attached hydrogens (tertiary/aromatic N) is 1. The van der Waals surface area contributed by atoms with Gasteiger partial charge in [0.25, 0.3) is 0 Å². The van der Waals surface area contributed by atoms with Gasteiger partial charge >= 0.3 is 0 Å². The molecule has 3 N–H and O–H groups in total. The van der Waals surface area contributed by atoms with Crippen molar-refractivity contribution in [2.24, 2.45) is 11.1 Å². The molecule has 20 heavy (non-hydrogen) atoms. The van der Waals surface area contributed by atoms with Crippen LogP contribution >= 0.6 is 28.1 Å². The fourth-order valence-corrected chi connectivity index (χ4v) is 2.07. The lowest BCUT2D eigenvalue weighted by Gasteiger charge is -2.22. The lowest BCUT2D eigenvalue weighted by molar-refractivity contribution is -0.121. The van der Waals surface area contributed by atoms with E-state index in [4.69, 9.17) is 18.0 Å². The van der Waals surface area contributed by atoms with E-state index in [1.807, 2.05) is 18.2 Å². The normalized spacial score (nSPS) is 11.3. The van der Waals surface area contributed by atoms with Crippen molar-refractivity contribution in [3.05, 3.63) is 34.9 Å². The first-order valence-corrected chi connectivity index (χ1v) is 7.18. The molecule has 4 nitrogen and oxygen atoms in total. The molecule has 2 aromatic rings. The van der Waals surface area contributed by atoms with Crippen LogP contribution in [-0.2, 0) is 4.79 Å². The molecule has 0 bridgehead atoms. The van der Waals surface area contributed by atoms with Crippen LogP contribution in [0.15, 0.2) is 34.9 Å². The minimum atomic E-state index is -0.910. The van der Waals surface area contributed by atoms with Gasteiger partial charge in [0.05, 0.1) is 21.6 Å². The number of carbonyl (C=O) groups is 1. The predicted molar refractivity (Wildman–Crippen MR) is 88.6 cm³/mol. The van der Waals surface area contributed by atoms with Gasteiger partial charge in [-0.05, 0) is 41.9 Å². The number of thiocarbonyl (C=S) groups is 1. The molecule has 0 spiro atoms. The highest BCUT2D eigenvalue weighted by Crippen LogP contribution is 2.26. The quantitative estimate of drug-likeness (QED) is 0.832. The van der Waals surface area contributed by atoms with Crippen molar-refractivity contribution in [2.45, 2.75) is 13.8 Å². The molecule has 1 amide bonds. The van der Waals surface area contributed by atoms with E-state index in [0.717, 1.165) is 15.4 Å². The van der Waals surface area contributed by atoms with Crippen LogP contribution in [0.3, 0.4) is 0 Å². The molecular formula is C14H14BrN3OS. The van der Waals surface area contributed by atoms with E-state index in [1.165, 1.54) is 0 Å². The summed E-state index contributed by atoms with van der Waals surface area (Å²) in [5.74, 6) is -0.248. The Labute approximate surface area is 130 Å². The molecule has 0 unspecified atom stereocenters. The van der Waals surface area contributed by atoms with E-state index in [9.17, 15) is 4.79 Å². The molecule has 1 aromatic carbocycles. The van der Waals surface area contributed by atoms with Crippen LogP contribution in [0.1, 0.15) is 13.8 Å². The number of amides is 1. The molecule has 0 aliphatic carbocycles. The minimum Gasteiger partial charge on any atom is -0.392 e. The first kappa shape index (κ1) is 14.9. The van der Waals surface area contributed by atoms with E-state index in [0.29, 0.717) is 5.69 Å². The second kappa shape index (κ2) is 5.46. The molecule has 2 rings (SSSR count). The molecule has 0 radical (unpaired) electrons. The van der Waals surface area contributed by atoms with Crippen LogP contribution in [0.2, 0.25) is 0 Å². The van der Waals surface area contributed by atoms with Gasteiger partial charge in [-0.1, -0.05) is 24.4 Å². The minimum absolute atomic E-state index is 0.158. The lowest BCUT2D eigenvalue weighted by Crippen LogP contribution is -2.41. The molecule has 0 atom stereocenters.